The van der Waals surface area contributed by atoms with E-state index in [9.17, 15) is 4.79 Å². The van der Waals surface area contributed by atoms with Crippen LogP contribution in [0.1, 0.15) is 32.4 Å². The molecule has 20 heavy (non-hydrogen) atoms. The first kappa shape index (κ1) is 15.0. The molecule has 1 fully saturated rings. The molecule has 0 unspecified atom stereocenters. The summed E-state index contributed by atoms with van der Waals surface area (Å²) in [5.41, 5.74) is 1.14. The van der Waals surface area contributed by atoms with E-state index in [-0.39, 0.29) is 24.2 Å². The van der Waals surface area contributed by atoms with E-state index in [1.165, 1.54) is 4.90 Å². The lowest BCUT2D eigenvalue weighted by molar-refractivity contribution is -0.907. The van der Waals surface area contributed by atoms with Crippen LogP contribution in [-0.2, 0) is 9.53 Å². The van der Waals surface area contributed by atoms with Crippen LogP contribution in [0.5, 0.6) is 0 Å². The second kappa shape index (κ2) is 6.86. The van der Waals surface area contributed by atoms with Gasteiger partial charge in [0.2, 0.25) is 0 Å². The summed E-state index contributed by atoms with van der Waals surface area (Å²) in [6.45, 7) is 8.48. The molecule has 3 atom stereocenters. The summed E-state index contributed by atoms with van der Waals surface area (Å²) in [6, 6.07) is 10.1. The molecule has 0 bridgehead atoms. The van der Waals surface area contributed by atoms with E-state index >= 15 is 0 Å². The van der Waals surface area contributed by atoms with Crippen molar-refractivity contribution in [3.8, 4) is 0 Å². The highest BCUT2D eigenvalue weighted by atomic mass is 16.5. The Labute approximate surface area is 121 Å². The monoisotopic (exact) mass is 277 g/mol. The van der Waals surface area contributed by atoms with Gasteiger partial charge in [-0.3, -0.25) is 4.79 Å². The number of carbonyl (C=O) groups excluding carboxylic acids is 1. The third kappa shape index (κ3) is 4.32. The molecule has 2 N–H and O–H groups in total. The topological polar surface area (TPSA) is 42.8 Å². The molecule has 1 aromatic carbocycles. The van der Waals surface area contributed by atoms with Gasteiger partial charge >= 0.3 is 0 Å². The van der Waals surface area contributed by atoms with Gasteiger partial charge in [-0.1, -0.05) is 30.3 Å². The molecule has 4 heteroatoms. The maximum atomic E-state index is 12.1. The van der Waals surface area contributed by atoms with E-state index in [1.807, 2.05) is 37.3 Å². The molecule has 1 amide bonds. The fraction of sp³-hybridized carbons (Fsp3) is 0.562. The van der Waals surface area contributed by atoms with E-state index < -0.39 is 0 Å². The zero-order valence-corrected chi connectivity index (χ0v) is 12.6. The normalized spacial score (nSPS) is 27.9. The summed E-state index contributed by atoms with van der Waals surface area (Å²) in [7, 11) is 0. The fourth-order valence-electron chi connectivity index (χ4n) is 2.88. The van der Waals surface area contributed by atoms with Crippen molar-refractivity contribution in [3.05, 3.63) is 35.9 Å². The Morgan fingerprint density at radius 3 is 2.50 bits per heavy atom. The Bertz CT molecular complexity index is 425. The Morgan fingerprint density at radius 2 is 1.90 bits per heavy atom. The first-order chi connectivity index (χ1) is 9.54. The second-order valence-electron chi connectivity index (χ2n) is 5.79. The van der Waals surface area contributed by atoms with Crippen LogP contribution in [0.25, 0.3) is 0 Å². The number of carbonyl (C=O) groups is 1. The standard InChI is InChI=1S/C16H24N2O2/c1-12-9-18(10-13(2)20-12)11-16(19)17-14(3)15-7-5-4-6-8-15/h4-8,12-14H,9-11H2,1-3H3,(H,17,19)/p+1/t12-,13-,14-/m0/s1. The molecular formula is C16H25N2O2+. The van der Waals surface area contributed by atoms with Crippen LogP contribution in [0, 0.1) is 0 Å². The highest BCUT2D eigenvalue weighted by Gasteiger charge is 2.27. The third-order valence-corrected chi connectivity index (χ3v) is 3.70. The highest BCUT2D eigenvalue weighted by molar-refractivity contribution is 5.77. The number of hydrogen-bond acceptors (Lipinski definition) is 2. The minimum Gasteiger partial charge on any atom is -0.364 e. The number of morpholine rings is 1. The molecule has 0 aliphatic carbocycles. The van der Waals surface area contributed by atoms with Crippen LogP contribution in [0.4, 0.5) is 0 Å². The summed E-state index contributed by atoms with van der Waals surface area (Å²) in [5.74, 6) is 0.109. The van der Waals surface area contributed by atoms with E-state index in [0.29, 0.717) is 6.54 Å². The van der Waals surface area contributed by atoms with Gasteiger partial charge in [-0.25, -0.2) is 0 Å². The van der Waals surface area contributed by atoms with Crippen LogP contribution in [0.3, 0.4) is 0 Å². The first-order valence-corrected chi connectivity index (χ1v) is 7.38. The van der Waals surface area contributed by atoms with Gasteiger partial charge in [-0.2, -0.15) is 0 Å². The average molecular weight is 277 g/mol. The second-order valence-corrected chi connectivity index (χ2v) is 5.79. The van der Waals surface area contributed by atoms with Crippen molar-refractivity contribution < 1.29 is 14.4 Å². The van der Waals surface area contributed by atoms with Crippen LogP contribution in [-0.4, -0.2) is 37.7 Å². The molecule has 1 aliphatic rings. The SMILES string of the molecule is C[C@H](NC(=O)C[NH+]1C[C@H](C)O[C@@H](C)C1)c1ccccc1. The van der Waals surface area contributed by atoms with Crippen molar-refractivity contribution in [2.75, 3.05) is 19.6 Å². The quantitative estimate of drug-likeness (QED) is 0.844. The van der Waals surface area contributed by atoms with Gasteiger partial charge in [0.25, 0.3) is 5.91 Å². The molecule has 2 rings (SSSR count). The minimum absolute atomic E-state index is 0.0546. The van der Waals surface area contributed by atoms with Crippen molar-refractivity contribution >= 4 is 5.91 Å². The number of rotatable bonds is 4. The summed E-state index contributed by atoms with van der Waals surface area (Å²) >= 11 is 0. The van der Waals surface area contributed by atoms with Crippen molar-refractivity contribution in [2.24, 2.45) is 0 Å². The number of hydrogen-bond donors (Lipinski definition) is 2. The van der Waals surface area contributed by atoms with E-state index in [0.717, 1.165) is 18.7 Å². The molecule has 0 radical (unpaired) electrons. The number of benzene rings is 1. The molecule has 1 aliphatic heterocycles. The molecule has 0 saturated carbocycles. The Hall–Kier alpha value is -1.39. The molecule has 1 aromatic rings. The Morgan fingerprint density at radius 1 is 1.30 bits per heavy atom. The van der Waals surface area contributed by atoms with Gasteiger partial charge in [-0.15, -0.1) is 0 Å². The average Bonchev–Trinajstić information content (AvgIpc) is 2.38. The maximum Gasteiger partial charge on any atom is 0.275 e. The van der Waals surface area contributed by atoms with Crippen molar-refractivity contribution in [3.63, 3.8) is 0 Å². The largest absolute Gasteiger partial charge is 0.364 e. The number of nitrogens with one attached hydrogen (secondary N) is 2. The van der Waals surface area contributed by atoms with Gasteiger partial charge in [-0.05, 0) is 26.3 Å². The molecular weight excluding hydrogens is 252 g/mol. The summed E-state index contributed by atoms with van der Waals surface area (Å²) in [4.78, 5) is 13.4. The van der Waals surface area contributed by atoms with Crippen molar-refractivity contribution in [2.45, 2.75) is 39.0 Å². The lowest BCUT2D eigenvalue weighted by atomic mass is 10.1. The number of ether oxygens (including phenoxy) is 1. The zero-order valence-electron chi connectivity index (χ0n) is 12.6. The predicted molar refractivity (Wildman–Crippen MR) is 78.6 cm³/mol. The van der Waals surface area contributed by atoms with Crippen LogP contribution >= 0.6 is 0 Å². The Balaban J connectivity index is 1.83. The molecule has 1 heterocycles. The van der Waals surface area contributed by atoms with Gasteiger partial charge in [0.1, 0.15) is 25.3 Å². The number of amides is 1. The lowest BCUT2D eigenvalue weighted by Crippen LogP contribution is -3.16. The maximum absolute atomic E-state index is 12.1. The zero-order chi connectivity index (χ0) is 14.5. The first-order valence-electron chi connectivity index (χ1n) is 7.38. The molecule has 4 nitrogen and oxygen atoms in total. The summed E-state index contributed by atoms with van der Waals surface area (Å²) < 4.78 is 5.70. The van der Waals surface area contributed by atoms with E-state index in [1.54, 1.807) is 0 Å². The van der Waals surface area contributed by atoms with Crippen molar-refractivity contribution in [1.82, 2.24) is 5.32 Å². The van der Waals surface area contributed by atoms with Crippen LogP contribution in [0.15, 0.2) is 30.3 Å². The summed E-state index contributed by atoms with van der Waals surface area (Å²) in [5, 5.41) is 3.07. The van der Waals surface area contributed by atoms with Crippen molar-refractivity contribution in [1.29, 1.82) is 0 Å². The predicted octanol–water partition coefficient (Wildman–Crippen LogP) is 0.556. The van der Waals surface area contributed by atoms with Gasteiger partial charge in [0, 0.05) is 0 Å². The Kier molecular flexibility index (Phi) is 5.15. The third-order valence-electron chi connectivity index (χ3n) is 3.70. The minimum atomic E-state index is 0.0546. The lowest BCUT2D eigenvalue weighted by Gasteiger charge is -2.32. The molecule has 110 valence electrons. The number of quaternary nitrogens is 1. The van der Waals surface area contributed by atoms with Crippen LogP contribution in [0.2, 0.25) is 0 Å². The van der Waals surface area contributed by atoms with Crippen LogP contribution < -0.4 is 10.2 Å². The van der Waals surface area contributed by atoms with E-state index in [2.05, 4.69) is 19.2 Å². The summed E-state index contributed by atoms with van der Waals surface area (Å²) in [6.07, 6.45) is 0.459. The highest BCUT2D eigenvalue weighted by Crippen LogP contribution is 2.10. The van der Waals surface area contributed by atoms with Gasteiger partial charge in [0.05, 0.1) is 6.04 Å². The molecule has 0 aromatic heterocycles. The van der Waals surface area contributed by atoms with E-state index in [4.69, 9.17) is 4.74 Å². The van der Waals surface area contributed by atoms with Gasteiger partial charge in [0.15, 0.2) is 6.54 Å². The smallest absolute Gasteiger partial charge is 0.275 e. The molecule has 1 saturated heterocycles. The molecule has 0 spiro atoms. The van der Waals surface area contributed by atoms with Gasteiger partial charge < -0.3 is 15.0 Å². The fourth-order valence-corrected chi connectivity index (χ4v) is 2.88.